The Hall–Kier alpha value is -2.41. The summed E-state index contributed by atoms with van der Waals surface area (Å²) in [6.45, 7) is 2.70. The van der Waals surface area contributed by atoms with E-state index in [9.17, 15) is 18.0 Å². The number of nitrogens with one attached hydrogen (secondary N) is 2. The lowest BCUT2D eigenvalue weighted by atomic mass is 10.2. The lowest BCUT2D eigenvalue weighted by Gasteiger charge is -2.12. The van der Waals surface area contributed by atoms with E-state index in [-0.39, 0.29) is 5.69 Å². The zero-order chi connectivity index (χ0) is 19.2. The minimum Gasteiger partial charge on any atom is -0.494 e. The molecule has 2 aromatic carbocycles. The van der Waals surface area contributed by atoms with Gasteiger partial charge in [-0.3, -0.25) is 0 Å². The van der Waals surface area contributed by atoms with Crippen LogP contribution >= 0.6 is 11.6 Å². The molecule has 0 aliphatic heterocycles. The summed E-state index contributed by atoms with van der Waals surface area (Å²) in [4.78, 5) is 11.8. The number of alkyl halides is 3. The number of ether oxygens (including phenoxy) is 1. The number of aryl methyl sites for hydroxylation is 1. The molecule has 4 nitrogen and oxygen atoms in total. The summed E-state index contributed by atoms with van der Waals surface area (Å²) >= 11 is 5.53. The molecule has 0 fully saturated rings. The Morgan fingerprint density at radius 2 is 1.85 bits per heavy atom. The van der Waals surface area contributed by atoms with Crippen LogP contribution in [0.3, 0.4) is 0 Å². The van der Waals surface area contributed by atoms with Crippen molar-refractivity contribution < 1.29 is 22.7 Å². The highest BCUT2D eigenvalue weighted by molar-refractivity contribution is 6.31. The third-order valence-corrected chi connectivity index (χ3v) is 3.76. The van der Waals surface area contributed by atoms with E-state index in [1.807, 2.05) is 31.2 Å². The molecule has 2 rings (SSSR count). The van der Waals surface area contributed by atoms with E-state index in [1.54, 1.807) is 0 Å². The van der Waals surface area contributed by atoms with Gasteiger partial charge in [0.05, 0.1) is 17.2 Å². The maximum atomic E-state index is 12.8. The molecule has 0 aromatic heterocycles. The van der Waals surface area contributed by atoms with Crippen LogP contribution in [-0.2, 0) is 6.18 Å². The summed E-state index contributed by atoms with van der Waals surface area (Å²) in [6, 6.07) is 10.2. The summed E-state index contributed by atoms with van der Waals surface area (Å²) in [5.41, 5.74) is 0.144. The Kier molecular flexibility index (Phi) is 6.74. The first-order chi connectivity index (χ1) is 12.3. The van der Waals surface area contributed by atoms with E-state index in [0.29, 0.717) is 19.6 Å². The molecular formula is C18H18ClF3N2O2. The molecule has 8 heteroatoms. The predicted molar refractivity (Wildman–Crippen MR) is 94.8 cm³/mol. The fraction of sp³-hybridized carbons (Fsp3) is 0.278. The Bertz CT molecular complexity index is 749. The molecule has 0 bridgehead atoms. The van der Waals surface area contributed by atoms with Crippen LogP contribution in [-0.4, -0.2) is 19.2 Å². The second-order valence-corrected chi connectivity index (χ2v) is 6.00. The maximum absolute atomic E-state index is 12.8. The Morgan fingerprint density at radius 1 is 1.15 bits per heavy atom. The number of carbonyl (C=O) groups is 1. The lowest BCUT2D eigenvalue weighted by molar-refractivity contribution is -0.137. The van der Waals surface area contributed by atoms with Crippen molar-refractivity contribution in [2.24, 2.45) is 0 Å². The summed E-state index contributed by atoms with van der Waals surface area (Å²) in [5, 5.41) is 4.48. The van der Waals surface area contributed by atoms with Crippen LogP contribution in [0.15, 0.2) is 42.5 Å². The van der Waals surface area contributed by atoms with Gasteiger partial charge >= 0.3 is 12.2 Å². The van der Waals surface area contributed by atoms with Crippen molar-refractivity contribution in [3.8, 4) is 5.75 Å². The minimum atomic E-state index is -4.58. The highest BCUT2D eigenvalue weighted by atomic mass is 35.5. The molecule has 2 amide bonds. The first kappa shape index (κ1) is 19.9. The van der Waals surface area contributed by atoms with E-state index >= 15 is 0 Å². The standard InChI is InChI=1S/C18H18ClF3N2O2/c1-12-3-6-14(7-4-12)26-10-2-9-23-17(25)24-13-5-8-16(19)15(11-13)18(20,21)22/h3-8,11H,2,9-10H2,1H3,(H2,23,24,25). The number of hydrogen-bond acceptors (Lipinski definition) is 2. The van der Waals surface area contributed by atoms with Crippen molar-refractivity contribution in [2.75, 3.05) is 18.5 Å². The molecule has 0 radical (unpaired) electrons. The fourth-order valence-corrected chi connectivity index (χ4v) is 2.32. The van der Waals surface area contributed by atoms with E-state index in [4.69, 9.17) is 16.3 Å². The molecule has 2 N–H and O–H groups in total. The lowest BCUT2D eigenvalue weighted by Crippen LogP contribution is -2.30. The predicted octanol–water partition coefficient (Wildman–Crippen LogP) is 5.26. The van der Waals surface area contributed by atoms with Crippen LogP contribution in [0.2, 0.25) is 5.02 Å². The SMILES string of the molecule is Cc1ccc(OCCCNC(=O)Nc2ccc(Cl)c(C(F)(F)F)c2)cc1. The van der Waals surface area contributed by atoms with E-state index < -0.39 is 22.8 Å². The molecular weight excluding hydrogens is 369 g/mol. The van der Waals surface area contributed by atoms with E-state index in [0.717, 1.165) is 23.4 Å². The van der Waals surface area contributed by atoms with Crippen molar-refractivity contribution in [3.63, 3.8) is 0 Å². The Balaban J connectivity index is 1.74. The van der Waals surface area contributed by atoms with E-state index in [2.05, 4.69) is 10.6 Å². The van der Waals surface area contributed by atoms with Gasteiger partial charge in [-0.25, -0.2) is 4.79 Å². The third kappa shape index (κ3) is 6.15. The van der Waals surface area contributed by atoms with Gasteiger partial charge in [0.1, 0.15) is 5.75 Å². The van der Waals surface area contributed by atoms with Crippen LogP contribution < -0.4 is 15.4 Å². The number of hydrogen-bond donors (Lipinski definition) is 2. The Labute approximate surface area is 154 Å². The van der Waals surface area contributed by atoms with Gasteiger partial charge in [0.15, 0.2) is 0 Å². The molecule has 0 aliphatic carbocycles. The third-order valence-electron chi connectivity index (χ3n) is 3.43. The average Bonchev–Trinajstić information content (AvgIpc) is 2.57. The Morgan fingerprint density at radius 3 is 2.50 bits per heavy atom. The van der Waals surface area contributed by atoms with Crippen molar-refractivity contribution in [1.29, 1.82) is 0 Å². The second kappa shape index (κ2) is 8.80. The number of rotatable bonds is 6. The number of urea groups is 1. The smallest absolute Gasteiger partial charge is 0.417 e. The fourth-order valence-electron chi connectivity index (χ4n) is 2.09. The summed E-state index contributed by atoms with van der Waals surface area (Å²) in [7, 11) is 0. The van der Waals surface area contributed by atoms with Gasteiger partial charge in [0.25, 0.3) is 0 Å². The summed E-state index contributed by atoms with van der Waals surface area (Å²) < 4.78 is 43.9. The number of benzene rings is 2. The number of halogens is 4. The van der Waals surface area contributed by atoms with Gasteiger partial charge in [0, 0.05) is 12.2 Å². The molecule has 0 aliphatic rings. The molecule has 0 saturated heterocycles. The van der Waals surface area contributed by atoms with E-state index in [1.165, 1.54) is 6.07 Å². The van der Waals surface area contributed by atoms with Gasteiger partial charge in [-0.15, -0.1) is 0 Å². The topological polar surface area (TPSA) is 50.4 Å². The molecule has 0 heterocycles. The molecule has 2 aromatic rings. The largest absolute Gasteiger partial charge is 0.494 e. The van der Waals surface area contributed by atoms with Gasteiger partial charge in [-0.2, -0.15) is 13.2 Å². The highest BCUT2D eigenvalue weighted by Crippen LogP contribution is 2.36. The van der Waals surface area contributed by atoms with Crippen LogP contribution in [0.4, 0.5) is 23.7 Å². The zero-order valence-corrected chi connectivity index (χ0v) is 14.7. The molecule has 0 spiro atoms. The van der Waals surface area contributed by atoms with Crippen molar-refractivity contribution in [3.05, 3.63) is 58.6 Å². The molecule has 26 heavy (non-hydrogen) atoms. The highest BCUT2D eigenvalue weighted by Gasteiger charge is 2.33. The summed E-state index contributed by atoms with van der Waals surface area (Å²) in [5.74, 6) is 0.737. The van der Waals surface area contributed by atoms with Gasteiger partial charge < -0.3 is 15.4 Å². The first-order valence-electron chi connectivity index (χ1n) is 7.87. The molecule has 140 valence electrons. The first-order valence-corrected chi connectivity index (χ1v) is 8.24. The van der Waals surface area contributed by atoms with Gasteiger partial charge in [0.2, 0.25) is 0 Å². The minimum absolute atomic E-state index is 0.00938. The second-order valence-electron chi connectivity index (χ2n) is 5.59. The monoisotopic (exact) mass is 386 g/mol. The van der Waals surface area contributed by atoms with Crippen molar-refractivity contribution >= 4 is 23.3 Å². The summed E-state index contributed by atoms with van der Waals surface area (Å²) in [6.07, 6.45) is -4.03. The van der Waals surface area contributed by atoms with Crippen LogP contribution in [0.1, 0.15) is 17.5 Å². The molecule has 0 unspecified atom stereocenters. The number of carbonyl (C=O) groups excluding carboxylic acids is 1. The quantitative estimate of drug-likeness (QED) is 0.665. The van der Waals surface area contributed by atoms with Crippen LogP contribution in [0.5, 0.6) is 5.75 Å². The normalized spacial score (nSPS) is 11.1. The zero-order valence-electron chi connectivity index (χ0n) is 14.0. The number of anilines is 1. The molecule has 0 saturated carbocycles. The van der Waals surface area contributed by atoms with Crippen LogP contribution in [0, 0.1) is 6.92 Å². The average molecular weight is 387 g/mol. The number of amides is 2. The van der Waals surface area contributed by atoms with Crippen molar-refractivity contribution in [1.82, 2.24) is 5.32 Å². The maximum Gasteiger partial charge on any atom is 0.417 e. The van der Waals surface area contributed by atoms with Crippen molar-refractivity contribution in [2.45, 2.75) is 19.5 Å². The van der Waals surface area contributed by atoms with Gasteiger partial charge in [-0.1, -0.05) is 29.3 Å². The molecule has 0 atom stereocenters. The van der Waals surface area contributed by atoms with Crippen LogP contribution in [0.25, 0.3) is 0 Å². The van der Waals surface area contributed by atoms with Gasteiger partial charge in [-0.05, 0) is 43.7 Å².